The lowest BCUT2D eigenvalue weighted by molar-refractivity contribution is 0.345. The Morgan fingerprint density at radius 3 is 3.06 bits per heavy atom. The average Bonchev–Trinajstić information content (AvgIpc) is 2.91. The fraction of sp³-hybridized carbons (Fsp3) is 0.786. The van der Waals surface area contributed by atoms with E-state index >= 15 is 0 Å². The summed E-state index contributed by atoms with van der Waals surface area (Å²) in [5.41, 5.74) is 1.23. The van der Waals surface area contributed by atoms with Crippen LogP contribution in [-0.2, 0) is 6.42 Å². The van der Waals surface area contributed by atoms with Crippen LogP contribution in [-0.4, -0.2) is 16.3 Å². The van der Waals surface area contributed by atoms with E-state index in [0.717, 1.165) is 24.8 Å². The van der Waals surface area contributed by atoms with E-state index in [9.17, 15) is 0 Å². The molecule has 4 heteroatoms. The van der Waals surface area contributed by atoms with Crippen molar-refractivity contribution in [3.05, 3.63) is 10.2 Å². The van der Waals surface area contributed by atoms with Crippen molar-refractivity contribution in [2.75, 3.05) is 11.9 Å². The monoisotopic (exact) mass is 311 g/mol. The first-order valence-electron chi connectivity index (χ1n) is 7.17. The molecule has 0 saturated heterocycles. The van der Waals surface area contributed by atoms with Crippen molar-refractivity contribution >= 4 is 21.7 Å². The fourth-order valence-electron chi connectivity index (χ4n) is 3.25. The number of aryl methyl sites for hydroxylation is 1. The van der Waals surface area contributed by atoms with Gasteiger partial charge in [0.1, 0.15) is 5.82 Å². The van der Waals surface area contributed by atoms with Crippen LogP contribution in [0.3, 0.4) is 0 Å². The van der Waals surface area contributed by atoms with Gasteiger partial charge in [0.2, 0.25) is 0 Å². The summed E-state index contributed by atoms with van der Waals surface area (Å²) in [5, 5.41) is 8.44. The molecule has 18 heavy (non-hydrogen) atoms. The number of anilines is 1. The highest BCUT2D eigenvalue weighted by atomic mass is 79.9. The van der Waals surface area contributed by atoms with Gasteiger partial charge in [0, 0.05) is 6.54 Å². The molecule has 0 aromatic carbocycles. The minimum atomic E-state index is 0.644. The number of halogens is 1. The third-order valence-corrected chi connectivity index (χ3v) is 5.18. The van der Waals surface area contributed by atoms with Gasteiger partial charge in [-0.3, -0.25) is 0 Å². The fourth-order valence-corrected chi connectivity index (χ4v) is 3.85. The molecular formula is C14H22BrN3. The van der Waals surface area contributed by atoms with Crippen LogP contribution in [0.5, 0.6) is 0 Å². The van der Waals surface area contributed by atoms with E-state index in [0.29, 0.717) is 6.04 Å². The molecule has 1 saturated carbocycles. The zero-order valence-electron chi connectivity index (χ0n) is 11.2. The molecule has 2 unspecified atom stereocenters. The van der Waals surface area contributed by atoms with Crippen molar-refractivity contribution in [1.29, 1.82) is 0 Å². The first-order chi connectivity index (χ1) is 8.66. The quantitative estimate of drug-likeness (QED) is 0.914. The summed E-state index contributed by atoms with van der Waals surface area (Å²) in [6, 6.07) is 0.644. The average molecular weight is 312 g/mol. The zero-order valence-corrected chi connectivity index (χ0v) is 12.8. The van der Waals surface area contributed by atoms with Gasteiger partial charge in [0.05, 0.1) is 16.2 Å². The smallest absolute Gasteiger partial charge is 0.139 e. The molecule has 1 fully saturated rings. The maximum Gasteiger partial charge on any atom is 0.139 e. The first kappa shape index (κ1) is 12.5. The number of rotatable bonds is 3. The minimum Gasteiger partial charge on any atom is -0.369 e. The molecule has 0 spiro atoms. The molecule has 2 aliphatic rings. The molecule has 2 heterocycles. The Hall–Kier alpha value is -0.510. The molecule has 100 valence electrons. The van der Waals surface area contributed by atoms with E-state index in [4.69, 9.17) is 5.10 Å². The van der Waals surface area contributed by atoms with E-state index in [1.54, 1.807) is 0 Å². The molecule has 1 N–H and O–H groups in total. The summed E-state index contributed by atoms with van der Waals surface area (Å²) in [6.07, 6.45) is 6.31. The van der Waals surface area contributed by atoms with E-state index in [1.165, 1.54) is 41.7 Å². The second kappa shape index (κ2) is 4.87. The SMILES string of the molecule is CC(C)CCc1nn2c(c1Br)NCC1CCCC12. The van der Waals surface area contributed by atoms with Crippen LogP contribution < -0.4 is 5.32 Å². The third kappa shape index (κ3) is 2.09. The Morgan fingerprint density at radius 1 is 1.44 bits per heavy atom. The van der Waals surface area contributed by atoms with Gasteiger partial charge < -0.3 is 5.32 Å². The lowest BCUT2D eigenvalue weighted by Crippen LogP contribution is -2.29. The Balaban J connectivity index is 1.86. The second-order valence-electron chi connectivity index (χ2n) is 6.13. The van der Waals surface area contributed by atoms with Crippen molar-refractivity contribution in [3.63, 3.8) is 0 Å². The van der Waals surface area contributed by atoms with Crippen LogP contribution in [0.2, 0.25) is 0 Å². The molecule has 0 bridgehead atoms. The maximum absolute atomic E-state index is 4.87. The lowest BCUT2D eigenvalue weighted by atomic mass is 10.0. The van der Waals surface area contributed by atoms with Gasteiger partial charge in [0.15, 0.2) is 0 Å². The van der Waals surface area contributed by atoms with Crippen molar-refractivity contribution in [1.82, 2.24) is 9.78 Å². The highest BCUT2D eigenvalue weighted by Gasteiger charge is 2.35. The third-order valence-electron chi connectivity index (χ3n) is 4.34. The largest absolute Gasteiger partial charge is 0.369 e. The van der Waals surface area contributed by atoms with Crippen molar-refractivity contribution in [2.24, 2.45) is 11.8 Å². The Labute approximate surface area is 117 Å². The standard InChI is InChI=1S/C14H22BrN3/c1-9(2)6-7-11-13(15)14-16-8-10-4-3-5-12(10)18(14)17-11/h9-10,12,16H,3-8H2,1-2H3. The van der Waals surface area contributed by atoms with Crippen molar-refractivity contribution in [3.8, 4) is 0 Å². The number of nitrogens with zero attached hydrogens (tertiary/aromatic N) is 2. The number of hydrogen-bond acceptors (Lipinski definition) is 2. The number of nitrogens with one attached hydrogen (secondary N) is 1. The normalized spacial score (nSPS) is 26.0. The molecule has 3 nitrogen and oxygen atoms in total. The molecule has 2 atom stereocenters. The van der Waals surface area contributed by atoms with Gasteiger partial charge in [-0.05, 0) is 53.4 Å². The summed E-state index contributed by atoms with van der Waals surface area (Å²) in [4.78, 5) is 0. The molecule has 0 radical (unpaired) electrons. The van der Waals surface area contributed by atoms with E-state index in [-0.39, 0.29) is 0 Å². The van der Waals surface area contributed by atoms with Crippen LogP contribution in [0, 0.1) is 11.8 Å². The van der Waals surface area contributed by atoms with Crippen LogP contribution >= 0.6 is 15.9 Å². The van der Waals surface area contributed by atoms with Crippen LogP contribution in [0.25, 0.3) is 0 Å². The van der Waals surface area contributed by atoms with Crippen LogP contribution in [0.1, 0.15) is 51.3 Å². The number of hydrogen-bond donors (Lipinski definition) is 1. The summed E-state index contributed by atoms with van der Waals surface area (Å²) >= 11 is 3.74. The van der Waals surface area contributed by atoms with Gasteiger partial charge in [-0.1, -0.05) is 20.3 Å². The molecule has 1 aliphatic carbocycles. The molecule has 1 aromatic heterocycles. The van der Waals surface area contributed by atoms with E-state index in [2.05, 4.69) is 39.8 Å². The molecule has 0 amide bonds. The van der Waals surface area contributed by atoms with Crippen LogP contribution in [0.15, 0.2) is 4.47 Å². The molecule has 3 rings (SSSR count). The van der Waals surface area contributed by atoms with Gasteiger partial charge in [-0.2, -0.15) is 5.10 Å². The predicted molar refractivity (Wildman–Crippen MR) is 78.0 cm³/mol. The summed E-state index contributed by atoms with van der Waals surface area (Å²) in [5.74, 6) is 2.75. The lowest BCUT2D eigenvalue weighted by Gasteiger charge is -2.28. The van der Waals surface area contributed by atoms with Gasteiger partial charge in [0.25, 0.3) is 0 Å². The Bertz CT molecular complexity index is 438. The maximum atomic E-state index is 4.87. The molecule has 1 aliphatic heterocycles. The summed E-state index contributed by atoms with van der Waals surface area (Å²) in [6.45, 7) is 5.67. The second-order valence-corrected chi connectivity index (χ2v) is 6.92. The zero-order chi connectivity index (χ0) is 12.7. The minimum absolute atomic E-state index is 0.644. The van der Waals surface area contributed by atoms with Gasteiger partial charge in [-0.15, -0.1) is 0 Å². The number of aromatic nitrogens is 2. The van der Waals surface area contributed by atoms with Crippen molar-refractivity contribution in [2.45, 2.75) is 52.0 Å². The molecular weight excluding hydrogens is 290 g/mol. The molecule has 1 aromatic rings. The van der Waals surface area contributed by atoms with Crippen LogP contribution in [0.4, 0.5) is 5.82 Å². The van der Waals surface area contributed by atoms with Crippen molar-refractivity contribution < 1.29 is 0 Å². The first-order valence-corrected chi connectivity index (χ1v) is 7.97. The summed E-state index contributed by atoms with van der Waals surface area (Å²) in [7, 11) is 0. The van der Waals surface area contributed by atoms with E-state index < -0.39 is 0 Å². The predicted octanol–water partition coefficient (Wildman–Crippen LogP) is 4.00. The topological polar surface area (TPSA) is 29.9 Å². The number of fused-ring (bicyclic) bond motifs is 3. The van der Waals surface area contributed by atoms with E-state index in [1.807, 2.05) is 0 Å². The van der Waals surface area contributed by atoms with Gasteiger partial charge in [-0.25, -0.2) is 4.68 Å². The Kier molecular flexibility index (Phi) is 3.39. The highest BCUT2D eigenvalue weighted by molar-refractivity contribution is 9.10. The summed E-state index contributed by atoms with van der Waals surface area (Å²) < 4.78 is 3.47. The Morgan fingerprint density at radius 2 is 2.28 bits per heavy atom. The van der Waals surface area contributed by atoms with Gasteiger partial charge >= 0.3 is 0 Å². The highest BCUT2D eigenvalue weighted by Crippen LogP contribution is 2.43.